The molecule has 0 saturated carbocycles. The maximum absolute atomic E-state index is 12.3. The molecule has 1 amide bonds. The quantitative estimate of drug-likeness (QED) is 0.522. The van der Waals surface area contributed by atoms with Crippen molar-refractivity contribution < 1.29 is 24.5 Å². The van der Waals surface area contributed by atoms with Gasteiger partial charge in [0.15, 0.2) is 0 Å². The zero-order chi connectivity index (χ0) is 17.8. The highest BCUT2D eigenvalue weighted by Gasteiger charge is 2.44. The molecule has 2 aliphatic rings. The van der Waals surface area contributed by atoms with Gasteiger partial charge in [0.1, 0.15) is 18.3 Å². The number of aliphatic hydroxyl groups is 2. The van der Waals surface area contributed by atoms with Gasteiger partial charge < -0.3 is 29.9 Å². The highest BCUT2D eigenvalue weighted by Crippen LogP contribution is 2.25. The van der Waals surface area contributed by atoms with E-state index in [0.29, 0.717) is 32.8 Å². The second-order valence-electron chi connectivity index (χ2n) is 6.35. The van der Waals surface area contributed by atoms with Gasteiger partial charge in [0.25, 0.3) is 0 Å². The highest BCUT2D eigenvalue weighted by atomic mass is 16.5. The van der Waals surface area contributed by atoms with Crippen LogP contribution in [0.15, 0.2) is 6.20 Å². The minimum absolute atomic E-state index is 0.0388. The summed E-state index contributed by atoms with van der Waals surface area (Å²) in [5.74, 6) is -0.0998. The minimum Gasteiger partial charge on any atom is -0.388 e. The van der Waals surface area contributed by atoms with Crippen molar-refractivity contribution in [2.75, 3.05) is 33.4 Å². The predicted molar refractivity (Wildman–Crippen MR) is 85.5 cm³/mol. The molecule has 1 aromatic heterocycles. The van der Waals surface area contributed by atoms with Gasteiger partial charge in [-0.05, 0) is 7.05 Å². The number of carbonyl (C=O) groups is 1. The van der Waals surface area contributed by atoms with Crippen LogP contribution in [0.2, 0.25) is 0 Å². The fraction of sp³-hybridized carbons (Fsp3) is 0.800. The fourth-order valence-electron chi connectivity index (χ4n) is 3.13. The van der Waals surface area contributed by atoms with Crippen molar-refractivity contribution in [2.45, 2.75) is 43.9 Å². The Labute approximate surface area is 145 Å². The number of carbonyl (C=O) groups excluding carboxylic acids is 1. The molecule has 25 heavy (non-hydrogen) atoms. The zero-order valence-electron chi connectivity index (χ0n) is 14.2. The van der Waals surface area contributed by atoms with E-state index in [0.717, 1.165) is 5.69 Å². The molecule has 1 aromatic rings. The molecule has 10 nitrogen and oxygen atoms in total. The largest absolute Gasteiger partial charge is 0.388 e. The molecule has 0 radical (unpaired) electrons. The van der Waals surface area contributed by atoms with Gasteiger partial charge in [0.05, 0.1) is 38.0 Å². The summed E-state index contributed by atoms with van der Waals surface area (Å²) >= 11 is 0. The van der Waals surface area contributed by atoms with Crippen molar-refractivity contribution in [1.29, 1.82) is 0 Å². The van der Waals surface area contributed by atoms with Crippen LogP contribution in [0.3, 0.4) is 0 Å². The van der Waals surface area contributed by atoms with Crippen LogP contribution in [0.25, 0.3) is 0 Å². The van der Waals surface area contributed by atoms with Gasteiger partial charge in [-0.2, -0.15) is 0 Å². The molecule has 0 aromatic carbocycles. The Morgan fingerprint density at radius 2 is 2.04 bits per heavy atom. The summed E-state index contributed by atoms with van der Waals surface area (Å²) in [5, 5.41) is 31.4. The van der Waals surface area contributed by atoms with Gasteiger partial charge in [0, 0.05) is 25.8 Å². The number of ether oxygens (including phenoxy) is 2. The summed E-state index contributed by atoms with van der Waals surface area (Å²) in [6, 6.07) is 0. The zero-order valence-corrected chi connectivity index (χ0v) is 14.2. The number of aromatic nitrogens is 3. The second-order valence-corrected chi connectivity index (χ2v) is 6.35. The van der Waals surface area contributed by atoms with E-state index in [1.807, 2.05) is 7.05 Å². The van der Waals surface area contributed by atoms with Crippen molar-refractivity contribution in [3.63, 3.8) is 0 Å². The van der Waals surface area contributed by atoms with Crippen molar-refractivity contribution in [1.82, 2.24) is 25.2 Å². The molecule has 3 N–H and O–H groups in total. The van der Waals surface area contributed by atoms with Crippen molar-refractivity contribution in [3.05, 3.63) is 11.9 Å². The number of nitrogens with zero attached hydrogens (tertiary/aromatic N) is 4. The van der Waals surface area contributed by atoms with E-state index in [4.69, 9.17) is 9.47 Å². The highest BCUT2D eigenvalue weighted by molar-refractivity contribution is 5.77. The van der Waals surface area contributed by atoms with Crippen LogP contribution in [0.5, 0.6) is 0 Å². The van der Waals surface area contributed by atoms with E-state index in [2.05, 4.69) is 15.6 Å². The molecule has 2 aliphatic heterocycles. The van der Waals surface area contributed by atoms with Gasteiger partial charge in [-0.3, -0.25) is 4.79 Å². The third kappa shape index (κ3) is 4.33. The lowest BCUT2D eigenvalue weighted by Gasteiger charge is -2.28. The SMILES string of the molecule is CNCc1cn(C[C@H]2O[C@@H](CC(=O)N3CCOCC3)[C@H](O)[C@@H]2O)nn1. The molecule has 3 heterocycles. The number of hydrogen-bond acceptors (Lipinski definition) is 8. The monoisotopic (exact) mass is 355 g/mol. The van der Waals surface area contributed by atoms with Crippen LogP contribution in [0.4, 0.5) is 0 Å². The van der Waals surface area contributed by atoms with E-state index < -0.39 is 24.4 Å². The number of hydrogen-bond donors (Lipinski definition) is 3. The molecule has 0 unspecified atom stereocenters. The Hall–Kier alpha value is -1.59. The van der Waals surface area contributed by atoms with E-state index in [9.17, 15) is 15.0 Å². The van der Waals surface area contributed by atoms with Gasteiger partial charge in [-0.15, -0.1) is 5.10 Å². The fourth-order valence-corrected chi connectivity index (χ4v) is 3.13. The van der Waals surface area contributed by atoms with E-state index in [1.165, 1.54) is 0 Å². The lowest BCUT2D eigenvalue weighted by molar-refractivity contribution is -0.139. The first-order chi connectivity index (χ1) is 12.1. The first kappa shape index (κ1) is 18.2. The molecule has 0 aliphatic carbocycles. The Kier molecular flexibility index (Phi) is 5.97. The first-order valence-electron chi connectivity index (χ1n) is 8.49. The first-order valence-corrected chi connectivity index (χ1v) is 8.49. The summed E-state index contributed by atoms with van der Waals surface area (Å²) in [7, 11) is 1.81. The Morgan fingerprint density at radius 3 is 2.76 bits per heavy atom. The third-order valence-corrected chi connectivity index (χ3v) is 4.51. The molecule has 2 saturated heterocycles. The van der Waals surface area contributed by atoms with Crippen LogP contribution in [0.1, 0.15) is 12.1 Å². The standard InChI is InChI=1S/C15H25N5O5/c1-16-7-10-8-20(18-17-10)9-12-15(23)14(22)11(25-12)6-13(21)19-2-4-24-5-3-19/h8,11-12,14-16,22-23H,2-7,9H2,1H3/t11-,12+,14-,15+/m0/s1. The second kappa shape index (κ2) is 8.19. The smallest absolute Gasteiger partial charge is 0.225 e. The molecule has 10 heteroatoms. The van der Waals surface area contributed by atoms with E-state index >= 15 is 0 Å². The summed E-state index contributed by atoms with van der Waals surface area (Å²) in [6.07, 6.45) is -1.74. The topological polar surface area (TPSA) is 122 Å². The average molecular weight is 355 g/mol. The molecule has 0 spiro atoms. The number of morpholine rings is 1. The van der Waals surface area contributed by atoms with E-state index in [-0.39, 0.29) is 18.9 Å². The molecule has 3 rings (SSSR count). The predicted octanol–water partition coefficient (Wildman–Crippen LogP) is -2.26. The molecule has 4 atom stereocenters. The molecule has 2 fully saturated rings. The van der Waals surface area contributed by atoms with Crippen LogP contribution in [-0.4, -0.2) is 93.8 Å². The van der Waals surface area contributed by atoms with Crippen LogP contribution in [-0.2, 0) is 27.4 Å². The molecular formula is C15H25N5O5. The average Bonchev–Trinajstić information content (AvgIpc) is 3.16. The van der Waals surface area contributed by atoms with Gasteiger partial charge >= 0.3 is 0 Å². The van der Waals surface area contributed by atoms with Crippen molar-refractivity contribution >= 4 is 5.91 Å². The maximum atomic E-state index is 12.3. The molecular weight excluding hydrogens is 330 g/mol. The van der Waals surface area contributed by atoms with Gasteiger partial charge in [-0.1, -0.05) is 5.21 Å². The van der Waals surface area contributed by atoms with Crippen LogP contribution >= 0.6 is 0 Å². The van der Waals surface area contributed by atoms with Crippen molar-refractivity contribution in [3.8, 4) is 0 Å². The summed E-state index contributed by atoms with van der Waals surface area (Å²) < 4.78 is 12.5. The van der Waals surface area contributed by atoms with Crippen molar-refractivity contribution in [2.24, 2.45) is 0 Å². The summed E-state index contributed by atoms with van der Waals surface area (Å²) in [4.78, 5) is 14.0. The summed E-state index contributed by atoms with van der Waals surface area (Å²) in [5.41, 5.74) is 0.773. The molecule has 0 bridgehead atoms. The van der Waals surface area contributed by atoms with Crippen LogP contribution in [0, 0.1) is 0 Å². The summed E-state index contributed by atoms with van der Waals surface area (Å²) in [6.45, 7) is 2.98. The maximum Gasteiger partial charge on any atom is 0.225 e. The minimum atomic E-state index is -1.10. The normalized spacial score (nSPS) is 30.0. The number of amides is 1. The number of aliphatic hydroxyl groups excluding tert-OH is 2. The van der Waals surface area contributed by atoms with Gasteiger partial charge in [-0.25, -0.2) is 4.68 Å². The lowest BCUT2D eigenvalue weighted by atomic mass is 10.0. The number of nitrogens with one attached hydrogen (secondary N) is 1. The Balaban J connectivity index is 1.55. The van der Waals surface area contributed by atoms with E-state index in [1.54, 1.807) is 15.8 Å². The lowest BCUT2D eigenvalue weighted by Crippen LogP contribution is -2.43. The number of rotatable bonds is 6. The van der Waals surface area contributed by atoms with Gasteiger partial charge in [0.2, 0.25) is 5.91 Å². The van der Waals surface area contributed by atoms with Crippen LogP contribution < -0.4 is 5.32 Å². The third-order valence-electron chi connectivity index (χ3n) is 4.51. The Bertz CT molecular complexity index is 576. The molecule has 140 valence electrons. The Morgan fingerprint density at radius 1 is 1.32 bits per heavy atom.